The van der Waals surface area contributed by atoms with Gasteiger partial charge in [-0.15, -0.1) is 0 Å². The van der Waals surface area contributed by atoms with Gasteiger partial charge in [0.25, 0.3) is 0 Å². The molecule has 0 radical (unpaired) electrons. The number of hydrogen-bond donors (Lipinski definition) is 0. The highest BCUT2D eigenvalue weighted by atomic mass is 35.5. The maximum atomic E-state index is 13.7. The first-order chi connectivity index (χ1) is 15.6. The lowest BCUT2D eigenvalue weighted by atomic mass is 9.77. The van der Waals surface area contributed by atoms with Crippen LogP contribution in [-0.4, -0.2) is 58.5 Å². The minimum Gasteiger partial charge on any atom is -0.324 e. The molecule has 2 saturated heterocycles. The van der Waals surface area contributed by atoms with Crippen LogP contribution < -0.4 is 0 Å². The van der Waals surface area contributed by atoms with E-state index in [0.717, 1.165) is 63.4 Å². The van der Waals surface area contributed by atoms with Crippen LogP contribution in [0.3, 0.4) is 0 Å². The van der Waals surface area contributed by atoms with Gasteiger partial charge in [0, 0.05) is 49.3 Å². The summed E-state index contributed by atoms with van der Waals surface area (Å²) in [5, 5.41) is 0.792. The van der Waals surface area contributed by atoms with E-state index in [2.05, 4.69) is 57.2 Å². The third kappa shape index (κ3) is 4.53. The molecule has 1 saturated carbocycles. The lowest BCUT2D eigenvalue weighted by molar-refractivity contribution is -0.0419. The Morgan fingerprint density at radius 2 is 1.56 bits per heavy atom. The summed E-state index contributed by atoms with van der Waals surface area (Å²) in [5.41, 5.74) is 2.68. The Morgan fingerprint density at radius 3 is 2.22 bits per heavy atom. The molecule has 1 spiro atoms. The first kappa shape index (κ1) is 21.8. The second-order valence-corrected chi connectivity index (χ2v) is 10.3. The van der Waals surface area contributed by atoms with Crippen LogP contribution in [0.15, 0.2) is 54.6 Å². The van der Waals surface area contributed by atoms with Gasteiger partial charge in [0.1, 0.15) is 0 Å². The van der Waals surface area contributed by atoms with Gasteiger partial charge in [0.15, 0.2) is 0 Å². The van der Waals surface area contributed by atoms with Crippen LogP contribution in [0.5, 0.6) is 0 Å². The van der Waals surface area contributed by atoms with Crippen LogP contribution in [0.4, 0.5) is 4.79 Å². The molecule has 5 heteroatoms. The zero-order chi connectivity index (χ0) is 22.0. The van der Waals surface area contributed by atoms with Gasteiger partial charge in [-0.25, -0.2) is 4.79 Å². The average molecular weight is 452 g/mol. The van der Waals surface area contributed by atoms with Gasteiger partial charge in [-0.05, 0) is 68.2 Å². The van der Waals surface area contributed by atoms with E-state index >= 15 is 0 Å². The lowest BCUT2D eigenvalue weighted by Gasteiger charge is -2.58. The molecular formula is C27H34ClN3O. The van der Waals surface area contributed by atoms with Crippen molar-refractivity contribution < 1.29 is 4.79 Å². The number of nitrogens with zero attached hydrogens (tertiary/aromatic N) is 3. The summed E-state index contributed by atoms with van der Waals surface area (Å²) in [6.45, 7) is 4.80. The summed E-state index contributed by atoms with van der Waals surface area (Å²) >= 11 is 6.04. The third-order valence-corrected chi connectivity index (χ3v) is 8.15. The van der Waals surface area contributed by atoms with Crippen LogP contribution in [0.25, 0.3) is 0 Å². The van der Waals surface area contributed by atoms with Crippen LogP contribution in [0, 0.1) is 0 Å². The summed E-state index contributed by atoms with van der Waals surface area (Å²) in [4.78, 5) is 20.7. The molecule has 4 nitrogen and oxygen atoms in total. The molecule has 0 aromatic heterocycles. The van der Waals surface area contributed by atoms with Crippen molar-refractivity contribution in [2.75, 3.05) is 26.2 Å². The minimum atomic E-state index is 0.0575. The molecule has 32 heavy (non-hydrogen) atoms. The molecule has 2 aromatic rings. The smallest absolute Gasteiger partial charge is 0.320 e. The van der Waals surface area contributed by atoms with Crippen molar-refractivity contribution in [1.29, 1.82) is 0 Å². The molecule has 3 fully saturated rings. The van der Waals surface area contributed by atoms with E-state index in [1.807, 2.05) is 12.1 Å². The number of hydrogen-bond acceptors (Lipinski definition) is 2. The van der Waals surface area contributed by atoms with Crippen molar-refractivity contribution in [2.45, 2.75) is 63.1 Å². The maximum absolute atomic E-state index is 13.7. The van der Waals surface area contributed by atoms with Crippen molar-refractivity contribution in [3.8, 4) is 0 Å². The zero-order valence-corrected chi connectivity index (χ0v) is 19.6. The summed E-state index contributed by atoms with van der Waals surface area (Å²) in [7, 11) is 0. The number of amides is 2. The van der Waals surface area contributed by atoms with E-state index in [1.165, 1.54) is 30.4 Å². The van der Waals surface area contributed by atoms with E-state index in [-0.39, 0.29) is 5.54 Å². The highest BCUT2D eigenvalue weighted by Crippen LogP contribution is 2.42. The monoisotopic (exact) mass is 451 g/mol. The van der Waals surface area contributed by atoms with Crippen LogP contribution in [-0.2, 0) is 13.0 Å². The number of carbonyl (C=O) groups is 1. The Hall–Kier alpha value is -2.04. The topological polar surface area (TPSA) is 26.8 Å². The Balaban J connectivity index is 1.24. The van der Waals surface area contributed by atoms with Gasteiger partial charge in [-0.3, -0.25) is 4.90 Å². The lowest BCUT2D eigenvalue weighted by Crippen LogP contribution is -2.68. The number of urea groups is 1. The molecule has 2 aromatic carbocycles. The SMILES string of the molecule is O=C1N(CCc2ccccc2)CCC2(CCN(Cc3ccc(Cl)cc3)CC2)N1C1CCC1. The number of halogens is 1. The van der Waals surface area contributed by atoms with Crippen molar-refractivity contribution in [1.82, 2.24) is 14.7 Å². The highest BCUT2D eigenvalue weighted by molar-refractivity contribution is 6.30. The maximum Gasteiger partial charge on any atom is 0.320 e. The molecule has 170 valence electrons. The molecule has 2 aliphatic heterocycles. The van der Waals surface area contributed by atoms with Gasteiger partial charge in [0.05, 0.1) is 0 Å². The Labute approximate surface area is 197 Å². The highest BCUT2D eigenvalue weighted by Gasteiger charge is 2.50. The van der Waals surface area contributed by atoms with Crippen LogP contribution in [0.1, 0.15) is 49.7 Å². The first-order valence-electron chi connectivity index (χ1n) is 12.2. The van der Waals surface area contributed by atoms with E-state index < -0.39 is 0 Å². The van der Waals surface area contributed by atoms with Crippen molar-refractivity contribution in [2.24, 2.45) is 0 Å². The second kappa shape index (κ2) is 9.44. The molecule has 3 aliphatic rings. The van der Waals surface area contributed by atoms with Gasteiger partial charge in [0.2, 0.25) is 0 Å². The standard InChI is InChI=1S/C27H34ClN3O/c28-24-11-9-23(10-12-24)21-29-18-14-27(15-19-29)16-20-30(17-13-22-5-2-1-3-6-22)26(32)31(27)25-7-4-8-25/h1-3,5-6,9-12,25H,4,7-8,13-21H2. The molecule has 2 amide bonds. The molecule has 1 aliphatic carbocycles. The van der Waals surface area contributed by atoms with Crippen molar-refractivity contribution in [3.05, 3.63) is 70.7 Å². The Morgan fingerprint density at radius 1 is 0.875 bits per heavy atom. The molecule has 0 atom stereocenters. The molecule has 0 bridgehead atoms. The van der Waals surface area contributed by atoms with Gasteiger partial charge in [-0.1, -0.05) is 54.1 Å². The van der Waals surface area contributed by atoms with Gasteiger partial charge < -0.3 is 9.80 Å². The van der Waals surface area contributed by atoms with E-state index in [9.17, 15) is 4.79 Å². The summed E-state index contributed by atoms with van der Waals surface area (Å²) in [6, 6.07) is 19.5. The average Bonchev–Trinajstić information content (AvgIpc) is 2.79. The molecule has 2 heterocycles. The van der Waals surface area contributed by atoms with Crippen LogP contribution >= 0.6 is 11.6 Å². The molecule has 0 N–H and O–H groups in total. The predicted molar refractivity (Wildman–Crippen MR) is 130 cm³/mol. The minimum absolute atomic E-state index is 0.0575. The number of rotatable bonds is 6. The number of benzene rings is 2. The van der Waals surface area contributed by atoms with Gasteiger partial charge >= 0.3 is 6.03 Å². The number of carbonyl (C=O) groups excluding carboxylic acids is 1. The Bertz CT molecular complexity index is 904. The number of likely N-dealkylation sites (tertiary alicyclic amines) is 1. The quantitative estimate of drug-likeness (QED) is 0.571. The van der Waals surface area contributed by atoms with Gasteiger partial charge in [-0.2, -0.15) is 0 Å². The predicted octanol–water partition coefficient (Wildman–Crippen LogP) is 5.60. The Kier molecular flexibility index (Phi) is 6.43. The normalized spacial score (nSPS) is 21.7. The van der Waals surface area contributed by atoms with E-state index in [1.54, 1.807) is 0 Å². The largest absolute Gasteiger partial charge is 0.324 e. The molecular weight excluding hydrogens is 418 g/mol. The van der Waals surface area contributed by atoms with Crippen molar-refractivity contribution in [3.63, 3.8) is 0 Å². The summed E-state index contributed by atoms with van der Waals surface area (Å²) in [5.74, 6) is 0. The fourth-order valence-electron chi connectivity index (χ4n) is 5.69. The zero-order valence-electron chi connectivity index (χ0n) is 18.9. The second-order valence-electron chi connectivity index (χ2n) is 9.84. The van der Waals surface area contributed by atoms with Crippen LogP contribution in [0.2, 0.25) is 5.02 Å². The van der Waals surface area contributed by atoms with E-state index in [0.29, 0.717) is 12.1 Å². The molecule has 0 unspecified atom stereocenters. The first-order valence-corrected chi connectivity index (χ1v) is 12.6. The third-order valence-electron chi connectivity index (χ3n) is 7.89. The molecule has 5 rings (SSSR count). The summed E-state index contributed by atoms with van der Waals surface area (Å²) < 4.78 is 0. The number of piperidine rings is 1. The fraction of sp³-hybridized carbons (Fsp3) is 0.519. The van der Waals surface area contributed by atoms with Crippen molar-refractivity contribution >= 4 is 17.6 Å². The summed E-state index contributed by atoms with van der Waals surface area (Å²) in [6.07, 6.45) is 7.84. The van der Waals surface area contributed by atoms with E-state index in [4.69, 9.17) is 11.6 Å². The fourth-order valence-corrected chi connectivity index (χ4v) is 5.81.